The van der Waals surface area contributed by atoms with Crippen LogP contribution in [0.15, 0.2) is 47.3 Å². The standard InChI is InChI=1S/C22H13N5O3/c1-11-15(9-23)19-25-17-4-2-3-5-18(17)27(19)22(30)16(11)10-24-12-6-7-13-14(8-12)21(29)26-20(13)28/h2-8,10,24H,1H3,(H,26,28,29). The highest BCUT2D eigenvalue weighted by atomic mass is 16.2. The van der Waals surface area contributed by atoms with Gasteiger partial charge in [0.25, 0.3) is 17.4 Å². The van der Waals surface area contributed by atoms with Crippen LogP contribution in [0.2, 0.25) is 0 Å². The van der Waals surface area contributed by atoms with E-state index in [4.69, 9.17) is 0 Å². The van der Waals surface area contributed by atoms with Crippen LogP contribution in [0.25, 0.3) is 22.9 Å². The molecule has 5 rings (SSSR count). The maximum Gasteiger partial charge on any atom is 0.265 e. The quantitative estimate of drug-likeness (QED) is 0.497. The molecule has 0 saturated heterocycles. The van der Waals surface area contributed by atoms with Gasteiger partial charge in [-0.2, -0.15) is 5.26 Å². The molecule has 0 bridgehead atoms. The molecule has 30 heavy (non-hydrogen) atoms. The highest BCUT2D eigenvalue weighted by Crippen LogP contribution is 2.21. The molecule has 0 radical (unpaired) electrons. The van der Waals surface area contributed by atoms with Crippen LogP contribution < -0.4 is 21.4 Å². The first-order valence-corrected chi connectivity index (χ1v) is 9.10. The zero-order valence-corrected chi connectivity index (χ0v) is 15.7. The minimum Gasteiger partial charge on any atom is -0.361 e. The third kappa shape index (κ3) is 2.39. The summed E-state index contributed by atoms with van der Waals surface area (Å²) in [4.78, 5) is 41.2. The monoisotopic (exact) mass is 395 g/mol. The first-order chi connectivity index (χ1) is 14.5. The summed E-state index contributed by atoms with van der Waals surface area (Å²) in [6.45, 7) is 1.70. The number of benzene rings is 2. The van der Waals surface area contributed by atoms with Gasteiger partial charge in [-0.05, 0) is 42.8 Å². The molecule has 144 valence electrons. The summed E-state index contributed by atoms with van der Waals surface area (Å²) in [5, 5.41) is 15.2. The topological polar surface area (TPSA) is 116 Å². The Kier molecular flexibility index (Phi) is 3.66. The Bertz CT molecular complexity index is 1580. The Morgan fingerprint density at radius 1 is 1.10 bits per heavy atom. The van der Waals surface area contributed by atoms with Gasteiger partial charge in [-0.25, -0.2) is 4.98 Å². The SMILES string of the molecule is Cc1c(C#N)c2nc3ccccc3n2c(=O)c1=CNc1ccc2c(c1)C(=O)NC2=O. The molecule has 1 aliphatic heterocycles. The van der Waals surface area contributed by atoms with Gasteiger partial charge in [0.05, 0.1) is 32.9 Å². The lowest BCUT2D eigenvalue weighted by Gasteiger charge is -2.05. The molecule has 3 heterocycles. The highest BCUT2D eigenvalue weighted by Gasteiger charge is 2.26. The number of hydrogen-bond acceptors (Lipinski definition) is 6. The number of carbonyl (C=O) groups excluding carboxylic acids is 2. The van der Waals surface area contributed by atoms with Gasteiger partial charge in [-0.15, -0.1) is 0 Å². The third-order valence-electron chi connectivity index (χ3n) is 5.23. The largest absolute Gasteiger partial charge is 0.361 e. The van der Waals surface area contributed by atoms with Gasteiger partial charge in [0, 0.05) is 11.9 Å². The zero-order valence-electron chi connectivity index (χ0n) is 15.7. The molecule has 2 amide bonds. The van der Waals surface area contributed by atoms with E-state index in [1.165, 1.54) is 10.6 Å². The van der Waals surface area contributed by atoms with Crippen LogP contribution in [0.1, 0.15) is 31.8 Å². The van der Waals surface area contributed by atoms with E-state index in [0.717, 1.165) is 0 Å². The molecule has 0 aliphatic carbocycles. The summed E-state index contributed by atoms with van der Waals surface area (Å²) in [6.07, 6.45) is 1.50. The minimum atomic E-state index is -0.461. The molecular weight excluding hydrogens is 382 g/mol. The van der Waals surface area contributed by atoms with Gasteiger partial charge in [-0.3, -0.25) is 24.1 Å². The van der Waals surface area contributed by atoms with E-state index >= 15 is 0 Å². The van der Waals surface area contributed by atoms with Crippen LogP contribution in [0, 0.1) is 18.3 Å². The van der Waals surface area contributed by atoms with E-state index in [-0.39, 0.29) is 11.1 Å². The van der Waals surface area contributed by atoms with Crippen molar-refractivity contribution in [1.82, 2.24) is 14.7 Å². The van der Waals surface area contributed by atoms with Crippen LogP contribution in [0.5, 0.6) is 0 Å². The predicted molar refractivity (Wildman–Crippen MR) is 110 cm³/mol. The summed E-state index contributed by atoms with van der Waals surface area (Å²) in [7, 11) is 0. The number of aromatic nitrogens is 2. The van der Waals surface area contributed by atoms with Crippen molar-refractivity contribution in [2.24, 2.45) is 0 Å². The molecule has 0 spiro atoms. The van der Waals surface area contributed by atoms with Gasteiger partial charge in [-0.1, -0.05) is 12.1 Å². The number of nitrogens with one attached hydrogen (secondary N) is 2. The number of imide groups is 1. The van der Waals surface area contributed by atoms with Crippen LogP contribution in [0.3, 0.4) is 0 Å². The van der Waals surface area contributed by atoms with Crippen molar-refractivity contribution in [2.75, 3.05) is 5.32 Å². The van der Waals surface area contributed by atoms with E-state index in [2.05, 4.69) is 21.7 Å². The highest BCUT2D eigenvalue weighted by molar-refractivity contribution is 6.21. The second-order valence-electron chi connectivity index (χ2n) is 6.92. The van der Waals surface area contributed by atoms with Crippen molar-refractivity contribution in [3.05, 3.63) is 80.3 Å². The number of imidazole rings is 1. The summed E-state index contributed by atoms with van der Waals surface area (Å²) in [6, 6.07) is 14.1. The summed E-state index contributed by atoms with van der Waals surface area (Å²) < 4.78 is 1.43. The second kappa shape index (κ2) is 6.25. The molecule has 0 unspecified atom stereocenters. The van der Waals surface area contributed by atoms with E-state index in [1.807, 2.05) is 6.07 Å². The molecule has 0 saturated carbocycles. The van der Waals surface area contributed by atoms with Crippen LogP contribution in [-0.4, -0.2) is 21.2 Å². The van der Waals surface area contributed by atoms with E-state index < -0.39 is 11.8 Å². The number of nitriles is 1. The average molecular weight is 395 g/mol. The fraction of sp³-hybridized carbons (Fsp3) is 0.0455. The van der Waals surface area contributed by atoms with E-state index in [0.29, 0.717) is 44.3 Å². The van der Waals surface area contributed by atoms with Crippen LogP contribution in [-0.2, 0) is 0 Å². The number of anilines is 1. The fourth-order valence-corrected chi connectivity index (χ4v) is 3.70. The first kappa shape index (κ1) is 17.6. The zero-order chi connectivity index (χ0) is 21.0. The van der Waals surface area contributed by atoms with E-state index in [9.17, 15) is 19.6 Å². The first-order valence-electron chi connectivity index (χ1n) is 9.10. The molecular formula is C22H13N5O3. The Balaban J connectivity index is 1.71. The Morgan fingerprint density at radius 2 is 1.87 bits per heavy atom. The number of pyridine rings is 1. The number of carbonyl (C=O) groups is 2. The summed E-state index contributed by atoms with van der Waals surface area (Å²) in [5.41, 5.74) is 3.20. The smallest absolute Gasteiger partial charge is 0.265 e. The molecule has 2 N–H and O–H groups in total. The van der Waals surface area contributed by atoms with Crippen LogP contribution in [0.4, 0.5) is 5.69 Å². The normalized spacial score (nSPS) is 13.5. The van der Waals surface area contributed by atoms with Crippen LogP contribution >= 0.6 is 0 Å². The molecule has 2 aromatic carbocycles. The maximum absolute atomic E-state index is 13.2. The van der Waals surface area contributed by atoms with Gasteiger partial charge in [0.15, 0.2) is 5.65 Å². The van der Waals surface area contributed by atoms with Crippen molar-refractivity contribution in [3.8, 4) is 6.07 Å². The third-order valence-corrected chi connectivity index (χ3v) is 5.23. The summed E-state index contributed by atoms with van der Waals surface area (Å²) >= 11 is 0. The van der Waals surface area contributed by atoms with Gasteiger partial charge < -0.3 is 5.32 Å². The molecule has 1 aliphatic rings. The van der Waals surface area contributed by atoms with Gasteiger partial charge in [0.2, 0.25) is 0 Å². The Morgan fingerprint density at radius 3 is 2.67 bits per heavy atom. The Hall–Kier alpha value is -4.51. The molecule has 0 fully saturated rings. The van der Waals surface area contributed by atoms with Gasteiger partial charge in [0.1, 0.15) is 6.07 Å². The number of para-hydroxylation sites is 2. The molecule has 0 atom stereocenters. The fourth-order valence-electron chi connectivity index (χ4n) is 3.70. The average Bonchev–Trinajstić information content (AvgIpc) is 3.25. The van der Waals surface area contributed by atoms with Crippen molar-refractivity contribution < 1.29 is 9.59 Å². The summed E-state index contributed by atoms with van der Waals surface area (Å²) in [5.74, 6) is -0.892. The van der Waals surface area contributed by atoms with E-state index in [1.54, 1.807) is 43.3 Å². The lowest BCUT2D eigenvalue weighted by atomic mass is 10.1. The Labute approximate surface area is 169 Å². The van der Waals surface area contributed by atoms with Crippen molar-refractivity contribution in [3.63, 3.8) is 0 Å². The van der Waals surface area contributed by atoms with Crippen molar-refractivity contribution in [1.29, 1.82) is 5.26 Å². The number of rotatable bonds is 2. The number of amides is 2. The maximum atomic E-state index is 13.2. The number of fused-ring (bicyclic) bond motifs is 4. The minimum absolute atomic E-state index is 0.270. The van der Waals surface area contributed by atoms with Crippen molar-refractivity contribution in [2.45, 2.75) is 6.92 Å². The predicted octanol–water partition coefficient (Wildman–Crippen LogP) is 1.48. The van der Waals surface area contributed by atoms with Crippen molar-refractivity contribution >= 4 is 40.4 Å². The lowest BCUT2D eigenvalue weighted by Crippen LogP contribution is -2.34. The lowest BCUT2D eigenvalue weighted by molar-refractivity contribution is 0.0879. The number of hydrogen-bond donors (Lipinski definition) is 2. The molecule has 4 aromatic rings. The van der Waals surface area contributed by atoms with Gasteiger partial charge >= 0.3 is 0 Å². The molecule has 2 aromatic heterocycles. The number of nitrogens with zero attached hydrogens (tertiary/aromatic N) is 3. The molecule has 8 nitrogen and oxygen atoms in total. The molecule has 8 heteroatoms. The second-order valence-corrected chi connectivity index (χ2v) is 6.92.